The average molecular weight is 315 g/mol. The Hall–Kier alpha value is -2.04. The van der Waals surface area contributed by atoms with Gasteiger partial charge in [-0.1, -0.05) is 29.8 Å². The number of carbonyl (C=O) groups excluding carboxylic acids is 2. The van der Waals surface area contributed by atoms with E-state index in [2.05, 4.69) is 10.6 Å². The third-order valence-electron chi connectivity index (χ3n) is 4.55. The van der Waals surface area contributed by atoms with Crippen molar-refractivity contribution in [3.8, 4) is 0 Å². The SMILES string of the molecule is Cc1ccc(CNC(=O)N2CCC(CC(=O)NC3CC3)C2)cc1. The highest BCUT2D eigenvalue weighted by Gasteiger charge is 2.29. The summed E-state index contributed by atoms with van der Waals surface area (Å²) in [6.07, 6.45) is 3.68. The van der Waals surface area contributed by atoms with Crippen LogP contribution in [0.2, 0.25) is 0 Å². The van der Waals surface area contributed by atoms with Gasteiger partial charge in [-0.3, -0.25) is 4.79 Å². The maximum absolute atomic E-state index is 12.2. The maximum Gasteiger partial charge on any atom is 0.317 e. The van der Waals surface area contributed by atoms with Gasteiger partial charge < -0.3 is 15.5 Å². The van der Waals surface area contributed by atoms with Gasteiger partial charge in [0.1, 0.15) is 0 Å². The molecule has 1 aromatic rings. The molecule has 23 heavy (non-hydrogen) atoms. The lowest BCUT2D eigenvalue weighted by atomic mass is 10.0. The number of aryl methyl sites for hydroxylation is 1. The summed E-state index contributed by atoms with van der Waals surface area (Å²) >= 11 is 0. The molecule has 1 saturated heterocycles. The zero-order valence-corrected chi connectivity index (χ0v) is 13.7. The van der Waals surface area contributed by atoms with Gasteiger partial charge in [-0.25, -0.2) is 4.79 Å². The lowest BCUT2D eigenvalue weighted by Gasteiger charge is -2.17. The number of carbonyl (C=O) groups is 2. The monoisotopic (exact) mass is 315 g/mol. The summed E-state index contributed by atoms with van der Waals surface area (Å²) in [7, 11) is 0. The quantitative estimate of drug-likeness (QED) is 0.875. The Kier molecular flexibility index (Phi) is 4.84. The number of rotatable bonds is 5. The summed E-state index contributed by atoms with van der Waals surface area (Å²) in [5.41, 5.74) is 2.32. The highest BCUT2D eigenvalue weighted by Crippen LogP contribution is 2.22. The molecular weight excluding hydrogens is 290 g/mol. The smallest absolute Gasteiger partial charge is 0.317 e. The Morgan fingerprint density at radius 3 is 2.61 bits per heavy atom. The zero-order chi connectivity index (χ0) is 16.2. The molecule has 1 atom stereocenters. The summed E-state index contributed by atoms with van der Waals surface area (Å²) < 4.78 is 0. The fourth-order valence-corrected chi connectivity index (χ4v) is 2.96. The normalized spacial score (nSPS) is 20.4. The van der Waals surface area contributed by atoms with Gasteiger partial charge in [0.05, 0.1) is 0 Å². The summed E-state index contributed by atoms with van der Waals surface area (Å²) in [5, 5.41) is 5.98. The van der Waals surface area contributed by atoms with Crippen molar-refractivity contribution in [2.45, 2.75) is 45.2 Å². The molecule has 3 rings (SSSR count). The first-order valence-electron chi connectivity index (χ1n) is 8.48. The minimum Gasteiger partial charge on any atom is -0.353 e. The Bertz CT molecular complexity index is 566. The van der Waals surface area contributed by atoms with Crippen LogP contribution in [-0.4, -0.2) is 36.0 Å². The van der Waals surface area contributed by atoms with E-state index in [4.69, 9.17) is 0 Å². The van der Waals surface area contributed by atoms with Crippen molar-refractivity contribution in [3.63, 3.8) is 0 Å². The molecule has 0 spiro atoms. The van der Waals surface area contributed by atoms with Crippen LogP contribution in [0.5, 0.6) is 0 Å². The molecule has 5 nitrogen and oxygen atoms in total. The van der Waals surface area contributed by atoms with Gasteiger partial charge in [-0.05, 0) is 37.7 Å². The highest BCUT2D eigenvalue weighted by molar-refractivity contribution is 5.77. The molecule has 1 saturated carbocycles. The van der Waals surface area contributed by atoms with Crippen molar-refractivity contribution in [2.75, 3.05) is 13.1 Å². The summed E-state index contributed by atoms with van der Waals surface area (Å²) in [6, 6.07) is 8.54. The molecule has 2 N–H and O–H groups in total. The topological polar surface area (TPSA) is 61.4 Å². The molecule has 1 aromatic carbocycles. The van der Waals surface area contributed by atoms with Crippen LogP contribution < -0.4 is 10.6 Å². The molecule has 5 heteroatoms. The molecule has 1 heterocycles. The van der Waals surface area contributed by atoms with Crippen LogP contribution in [0.15, 0.2) is 24.3 Å². The van der Waals surface area contributed by atoms with E-state index in [0.717, 1.165) is 31.4 Å². The third kappa shape index (κ3) is 4.71. The van der Waals surface area contributed by atoms with E-state index < -0.39 is 0 Å². The van der Waals surface area contributed by atoms with Crippen LogP contribution in [0.4, 0.5) is 4.79 Å². The van der Waals surface area contributed by atoms with E-state index in [-0.39, 0.29) is 11.9 Å². The second kappa shape index (κ2) is 7.02. The maximum atomic E-state index is 12.2. The second-order valence-electron chi connectivity index (χ2n) is 6.79. The van der Waals surface area contributed by atoms with E-state index in [1.807, 2.05) is 36.1 Å². The number of hydrogen-bond acceptors (Lipinski definition) is 2. The van der Waals surface area contributed by atoms with E-state index in [9.17, 15) is 9.59 Å². The first-order chi connectivity index (χ1) is 11.1. The minimum atomic E-state index is -0.0318. The summed E-state index contributed by atoms with van der Waals surface area (Å²) in [5.74, 6) is 0.429. The van der Waals surface area contributed by atoms with Crippen molar-refractivity contribution >= 4 is 11.9 Å². The fourth-order valence-electron chi connectivity index (χ4n) is 2.96. The largest absolute Gasteiger partial charge is 0.353 e. The number of benzene rings is 1. The number of nitrogens with zero attached hydrogens (tertiary/aromatic N) is 1. The first-order valence-corrected chi connectivity index (χ1v) is 8.48. The zero-order valence-electron chi connectivity index (χ0n) is 13.7. The fraction of sp³-hybridized carbons (Fsp3) is 0.556. The lowest BCUT2D eigenvalue weighted by molar-refractivity contribution is -0.122. The molecule has 0 radical (unpaired) electrons. The predicted molar refractivity (Wildman–Crippen MR) is 88.9 cm³/mol. The van der Waals surface area contributed by atoms with Crippen molar-refractivity contribution in [2.24, 2.45) is 5.92 Å². The molecule has 1 aliphatic carbocycles. The van der Waals surface area contributed by atoms with Crippen LogP contribution in [0.1, 0.15) is 36.8 Å². The van der Waals surface area contributed by atoms with Gasteiger partial charge >= 0.3 is 6.03 Å². The molecule has 1 aliphatic heterocycles. The average Bonchev–Trinajstić information content (AvgIpc) is 3.21. The van der Waals surface area contributed by atoms with Crippen molar-refractivity contribution in [1.82, 2.24) is 15.5 Å². The molecule has 0 aromatic heterocycles. The van der Waals surface area contributed by atoms with Gasteiger partial charge in [0.2, 0.25) is 5.91 Å². The number of hydrogen-bond donors (Lipinski definition) is 2. The molecule has 0 bridgehead atoms. The standard InChI is InChI=1S/C18H25N3O2/c1-13-2-4-14(5-3-13)11-19-18(23)21-9-8-15(12-21)10-17(22)20-16-6-7-16/h2-5,15-16H,6-12H2,1H3,(H,19,23)(H,20,22). The predicted octanol–water partition coefficient (Wildman–Crippen LogP) is 2.20. The van der Waals surface area contributed by atoms with Crippen molar-refractivity contribution in [1.29, 1.82) is 0 Å². The third-order valence-corrected chi connectivity index (χ3v) is 4.55. The van der Waals surface area contributed by atoms with E-state index in [0.29, 0.717) is 31.5 Å². The van der Waals surface area contributed by atoms with Crippen LogP contribution in [0, 0.1) is 12.8 Å². The molecule has 1 unspecified atom stereocenters. The van der Waals surface area contributed by atoms with E-state index in [1.165, 1.54) is 5.56 Å². The summed E-state index contributed by atoms with van der Waals surface area (Å²) in [4.78, 5) is 25.9. The van der Waals surface area contributed by atoms with Gasteiger partial charge in [0.25, 0.3) is 0 Å². The summed E-state index contributed by atoms with van der Waals surface area (Å²) in [6.45, 7) is 4.01. The van der Waals surface area contributed by atoms with Gasteiger partial charge in [0, 0.05) is 32.1 Å². The molecular formula is C18H25N3O2. The Labute approximate surface area is 137 Å². The number of urea groups is 1. The van der Waals surface area contributed by atoms with Crippen molar-refractivity contribution < 1.29 is 9.59 Å². The minimum absolute atomic E-state index is 0.0318. The number of amides is 3. The number of nitrogens with one attached hydrogen (secondary N) is 2. The van der Waals surface area contributed by atoms with Gasteiger partial charge in [-0.2, -0.15) is 0 Å². The molecule has 3 amide bonds. The van der Waals surface area contributed by atoms with Crippen LogP contribution >= 0.6 is 0 Å². The van der Waals surface area contributed by atoms with Crippen LogP contribution in [-0.2, 0) is 11.3 Å². The van der Waals surface area contributed by atoms with Crippen LogP contribution in [0.25, 0.3) is 0 Å². The molecule has 124 valence electrons. The Morgan fingerprint density at radius 1 is 1.17 bits per heavy atom. The van der Waals surface area contributed by atoms with E-state index in [1.54, 1.807) is 0 Å². The van der Waals surface area contributed by atoms with Crippen LogP contribution in [0.3, 0.4) is 0 Å². The highest BCUT2D eigenvalue weighted by atomic mass is 16.2. The van der Waals surface area contributed by atoms with E-state index >= 15 is 0 Å². The number of likely N-dealkylation sites (tertiary alicyclic amines) is 1. The van der Waals surface area contributed by atoms with Gasteiger partial charge in [-0.15, -0.1) is 0 Å². The Morgan fingerprint density at radius 2 is 1.91 bits per heavy atom. The Balaban J connectivity index is 1.39. The van der Waals surface area contributed by atoms with Gasteiger partial charge in [0.15, 0.2) is 0 Å². The molecule has 2 aliphatic rings. The first kappa shape index (κ1) is 15.8. The lowest BCUT2D eigenvalue weighted by Crippen LogP contribution is -2.38. The van der Waals surface area contributed by atoms with Crippen molar-refractivity contribution in [3.05, 3.63) is 35.4 Å². The molecule has 2 fully saturated rings. The second-order valence-corrected chi connectivity index (χ2v) is 6.79.